The third kappa shape index (κ3) is 5.56. The van der Waals surface area contributed by atoms with E-state index in [2.05, 4.69) is 4.90 Å². The van der Waals surface area contributed by atoms with E-state index in [1.807, 2.05) is 4.90 Å². The first-order valence-corrected chi connectivity index (χ1v) is 9.07. The average molecular weight is 382 g/mol. The summed E-state index contributed by atoms with van der Waals surface area (Å²) in [6.45, 7) is 3.40. The van der Waals surface area contributed by atoms with Crippen LogP contribution >= 0.6 is 0 Å². The average Bonchev–Trinajstić information content (AvgIpc) is 3.34. The highest BCUT2D eigenvalue weighted by molar-refractivity contribution is 5.79. The number of carboxylic acid groups (broad SMARTS) is 1. The van der Waals surface area contributed by atoms with Crippen molar-refractivity contribution in [3.63, 3.8) is 0 Å². The van der Waals surface area contributed by atoms with Crippen molar-refractivity contribution in [2.45, 2.75) is 56.7 Å². The number of nitrogens with zero attached hydrogens (tertiary/aromatic N) is 2. The molecule has 1 spiro atoms. The standard InChI is InChI=1S/C15H25FN2O.C2HF3O2/c16-8-11-18-14(19)4-6-15(18)5-1-9-17(10-7-15)12-13-2-3-13;3-2(4,5)1(6)7/h13H,1-12H2;(H,6,7). The molecule has 3 aliphatic rings. The number of carbonyl (C=O) groups is 2. The van der Waals surface area contributed by atoms with Crippen molar-refractivity contribution in [3.8, 4) is 0 Å². The van der Waals surface area contributed by atoms with Gasteiger partial charge >= 0.3 is 12.1 Å². The second-order valence-electron chi connectivity index (χ2n) is 7.36. The van der Waals surface area contributed by atoms with E-state index in [0.717, 1.165) is 44.7 Å². The Balaban J connectivity index is 0.000000298. The quantitative estimate of drug-likeness (QED) is 0.760. The summed E-state index contributed by atoms with van der Waals surface area (Å²) in [6.07, 6.45) is 2.56. The molecule has 9 heteroatoms. The zero-order valence-electron chi connectivity index (χ0n) is 14.7. The minimum atomic E-state index is -5.08. The largest absolute Gasteiger partial charge is 0.490 e. The first-order valence-electron chi connectivity index (χ1n) is 9.07. The Labute approximate surface area is 150 Å². The molecule has 2 saturated heterocycles. The molecule has 26 heavy (non-hydrogen) atoms. The van der Waals surface area contributed by atoms with Crippen molar-refractivity contribution < 1.29 is 32.3 Å². The third-order valence-corrected chi connectivity index (χ3v) is 5.45. The van der Waals surface area contributed by atoms with Gasteiger partial charge in [0.2, 0.25) is 5.91 Å². The lowest BCUT2D eigenvalue weighted by Crippen LogP contribution is -2.47. The molecule has 1 unspecified atom stereocenters. The van der Waals surface area contributed by atoms with Crippen LogP contribution in [0.4, 0.5) is 17.6 Å². The van der Waals surface area contributed by atoms with E-state index in [9.17, 15) is 22.4 Å². The SMILES string of the molecule is O=C(O)C(F)(F)F.O=C1CCC2(CCCN(CC3CC3)CC2)N1CCF. The van der Waals surface area contributed by atoms with Gasteiger partial charge in [0, 0.05) is 31.6 Å². The van der Waals surface area contributed by atoms with Gasteiger partial charge in [-0.05, 0) is 51.0 Å². The van der Waals surface area contributed by atoms with Gasteiger partial charge in [0.1, 0.15) is 6.67 Å². The number of halogens is 4. The summed E-state index contributed by atoms with van der Waals surface area (Å²) in [4.78, 5) is 25.3. The monoisotopic (exact) mass is 382 g/mol. The molecule has 1 amide bonds. The van der Waals surface area contributed by atoms with Crippen LogP contribution in [0.5, 0.6) is 0 Å². The number of alkyl halides is 4. The molecule has 2 aliphatic heterocycles. The Hall–Kier alpha value is -1.38. The maximum Gasteiger partial charge on any atom is 0.490 e. The molecule has 3 fully saturated rings. The summed E-state index contributed by atoms with van der Waals surface area (Å²) < 4.78 is 44.4. The van der Waals surface area contributed by atoms with Crippen molar-refractivity contribution in [2.24, 2.45) is 5.92 Å². The Morgan fingerprint density at radius 3 is 2.38 bits per heavy atom. The number of rotatable bonds is 4. The number of hydrogen-bond acceptors (Lipinski definition) is 3. The zero-order valence-corrected chi connectivity index (χ0v) is 14.7. The topological polar surface area (TPSA) is 60.9 Å². The van der Waals surface area contributed by atoms with Gasteiger partial charge in [-0.15, -0.1) is 0 Å². The minimum absolute atomic E-state index is 0.0124. The Morgan fingerprint density at radius 1 is 1.19 bits per heavy atom. The summed E-state index contributed by atoms with van der Waals surface area (Å²) in [5.74, 6) is -1.65. The third-order valence-electron chi connectivity index (χ3n) is 5.45. The van der Waals surface area contributed by atoms with Gasteiger partial charge in [0.15, 0.2) is 0 Å². The number of carbonyl (C=O) groups excluding carboxylic acids is 1. The van der Waals surface area contributed by atoms with Crippen LogP contribution in [0.3, 0.4) is 0 Å². The molecule has 1 atom stereocenters. The molecule has 2 heterocycles. The number of amides is 1. The van der Waals surface area contributed by atoms with Crippen molar-refractivity contribution in [3.05, 3.63) is 0 Å². The van der Waals surface area contributed by atoms with Crippen LogP contribution < -0.4 is 0 Å². The summed E-state index contributed by atoms with van der Waals surface area (Å²) in [5.41, 5.74) is -0.0124. The van der Waals surface area contributed by atoms with Gasteiger partial charge in [-0.25, -0.2) is 9.18 Å². The fraction of sp³-hybridized carbons (Fsp3) is 0.882. The molecular formula is C17H26F4N2O3. The van der Waals surface area contributed by atoms with Crippen molar-refractivity contribution >= 4 is 11.9 Å². The Bertz CT molecular complexity index is 511. The van der Waals surface area contributed by atoms with E-state index in [1.165, 1.54) is 19.4 Å². The van der Waals surface area contributed by atoms with Gasteiger partial charge in [-0.1, -0.05) is 0 Å². The van der Waals surface area contributed by atoms with E-state index < -0.39 is 18.8 Å². The molecular weight excluding hydrogens is 356 g/mol. The van der Waals surface area contributed by atoms with Gasteiger partial charge in [-0.2, -0.15) is 13.2 Å². The summed E-state index contributed by atoms with van der Waals surface area (Å²) in [6, 6.07) is 0. The van der Waals surface area contributed by atoms with Crippen LogP contribution in [-0.2, 0) is 9.59 Å². The van der Waals surface area contributed by atoms with Crippen molar-refractivity contribution in [2.75, 3.05) is 32.9 Å². The lowest BCUT2D eigenvalue weighted by Gasteiger charge is -2.37. The van der Waals surface area contributed by atoms with E-state index >= 15 is 0 Å². The van der Waals surface area contributed by atoms with Crippen molar-refractivity contribution in [1.82, 2.24) is 9.80 Å². The Kier molecular flexibility index (Phi) is 6.87. The van der Waals surface area contributed by atoms with E-state index in [1.54, 1.807) is 0 Å². The molecule has 0 bridgehead atoms. The summed E-state index contributed by atoms with van der Waals surface area (Å²) >= 11 is 0. The van der Waals surface area contributed by atoms with E-state index in [-0.39, 0.29) is 11.4 Å². The van der Waals surface area contributed by atoms with Gasteiger partial charge < -0.3 is 14.9 Å². The molecule has 0 radical (unpaired) electrons. The maximum atomic E-state index is 12.7. The predicted octanol–water partition coefficient (Wildman–Crippen LogP) is 2.85. The number of carboxylic acids is 1. The summed E-state index contributed by atoms with van der Waals surface area (Å²) in [7, 11) is 0. The van der Waals surface area contributed by atoms with Crippen LogP contribution in [0.15, 0.2) is 0 Å². The molecule has 1 N–H and O–H groups in total. The van der Waals surface area contributed by atoms with Gasteiger partial charge in [-0.3, -0.25) is 4.79 Å². The van der Waals surface area contributed by atoms with Crippen LogP contribution in [0.1, 0.15) is 44.9 Å². The van der Waals surface area contributed by atoms with E-state index in [0.29, 0.717) is 13.0 Å². The first-order chi connectivity index (χ1) is 12.2. The van der Waals surface area contributed by atoms with Gasteiger partial charge in [0.05, 0.1) is 0 Å². The second-order valence-corrected chi connectivity index (χ2v) is 7.36. The number of aliphatic carboxylic acids is 1. The molecule has 3 rings (SSSR count). The maximum absolute atomic E-state index is 12.7. The fourth-order valence-corrected chi connectivity index (χ4v) is 3.92. The first kappa shape index (κ1) is 20.9. The molecule has 0 aromatic heterocycles. The van der Waals surface area contributed by atoms with Crippen molar-refractivity contribution in [1.29, 1.82) is 0 Å². The van der Waals surface area contributed by atoms with Gasteiger partial charge in [0.25, 0.3) is 0 Å². The Morgan fingerprint density at radius 2 is 1.85 bits per heavy atom. The number of hydrogen-bond donors (Lipinski definition) is 1. The molecule has 0 aromatic rings. The van der Waals surface area contributed by atoms with E-state index in [4.69, 9.17) is 9.90 Å². The highest BCUT2D eigenvalue weighted by atomic mass is 19.4. The normalized spacial score (nSPS) is 27.2. The second kappa shape index (κ2) is 8.54. The lowest BCUT2D eigenvalue weighted by molar-refractivity contribution is -0.192. The predicted molar refractivity (Wildman–Crippen MR) is 86.4 cm³/mol. The highest BCUT2D eigenvalue weighted by Crippen LogP contribution is 2.39. The van der Waals surface area contributed by atoms with Crippen LogP contribution in [0.2, 0.25) is 0 Å². The smallest absolute Gasteiger partial charge is 0.475 e. The van der Waals surface area contributed by atoms with Crippen LogP contribution in [-0.4, -0.2) is 71.4 Å². The lowest BCUT2D eigenvalue weighted by atomic mass is 9.88. The van der Waals surface area contributed by atoms with Crippen LogP contribution in [0.25, 0.3) is 0 Å². The molecule has 150 valence electrons. The summed E-state index contributed by atoms with van der Waals surface area (Å²) in [5, 5.41) is 7.12. The molecule has 1 saturated carbocycles. The number of likely N-dealkylation sites (tertiary alicyclic amines) is 2. The zero-order chi connectivity index (χ0) is 19.4. The highest BCUT2D eigenvalue weighted by Gasteiger charge is 2.45. The molecule has 1 aliphatic carbocycles. The van der Waals surface area contributed by atoms with Crippen LogP contribution in [0, 0.1) is 5.92 Å². The molecule has 5 nitrogen and oxygen atoms in total. The fourth-order valence-electron chi connectivity index (χ4n) is 3.92. The molecule has 0 aromatic carbocycles. The minimum Gasteiger partial charge on any atom is -0.475 e.